The Morgan fingerprint density at radius 3 is 2.00 bits per heavy atom. The van der Waals surface area contributed by atoms with Crippen molar-refractivity contribution in [1.29, 1.82) is 0 Å². The monoisotopic (exact) mass is 165 g/mol. The Kier molecular flexibility index (Phi) is 4.00. The first-order valence-electron chi connectivity index (χ1n) is 3.43. The third-order valence-electron chi connectivity index (χ3n) is 0.776. The topological polar surface area (TPSA) is 21.6 Å². The van der Waals surface area contributed by atoms with Crippen molar-refractivity contribution in [3.63, 3.8) is 0 Å². The van der Waals surface area contributed by atoms with Crippen molar-refractivity contribution >= 4 is 5.71 Å². The van der Waals surface area contributed by atoms with Crippen LogP contribution in [0.25, 0.3) is 0 Å². The molecule has 0 bridgehead atoms. The molecule has 1 rings (SSSR count). The van der Waals surface area contributed by atoms with Gasteiger partial charge in [-0.15, -0.1) is 0 Å². The summed E-state index contributed by atoms with van der Waals surface area (Å²) in [6.45, 7) is 4.46. The molecular weight excluding hydrogens is 152 g/mol. The number of rotatable bonds is 0. The van der Waals surface area contributed by atoms with E-state index in [1.54, 1.807) is 0 Å². The zero-order chi connectivity index (χ0) is 8.91. The summed E-state index contributed by atoms with van der Waals surface area (Å²) in [5.41, 5.74) is 1.11. The lowest BCUT2D eigenvalue weighted by atomic mass is 10.3. The fourth-order valence-corrected chi connectivity index (χ4v) is 0.395. The normalized spacial score (nSPS) is 16.3. The molecule has 1 aliphatic rings. The maximum atomic E-state index is 11.0. The largest absolute Gasteiger partial charge is 0.395 e. The Labute approximate surface area is 65.2 Å². The molecule has 0 amide bonds. The summed E-state index contributed by atoms with van der Waals surface area (Å²) in [5, 5.41) is 3.65. The van der Waals surface area contributed by atoms with E-state index in [-0.39, 0.29) is 0 Å². The van der Waals surface area contributed by atoms with Gasteiger partial charge in [0.15, 0.2) is 0 Å². The van der Waals surface area contributed by atoms with Crippen LogP contribution in [-0.4, -0.2) is 18.2 Å². The van der Waals surface area contributed by atoms with E-state index < -0.39 is 5.92 Å². The van der Waals surface area contributed by atoms with Gasteiger partial charge in [0.2, 0.25) is 5.92 Å². The van der Waals surface area contributed by atoms with Gasteiger partial charge in [-0.05, 0) is 20.8 Å². The minimum Gasteiger partial charge on any atom is -0.395 e. The van der Waals surface area contributed by atoms with E-state index >= 15 is 0 Å². The minimum absolute atomic E-state index is 0.784. The standard InChI is InChI=1S/C4H7NO.C3H6F2/c1-4-2-3-6-5-4;1-3(2,4)5/h2-3H2,1H3;1-2H3. The molecule has 0 aromatic heterocycles. The predicted molar refractivity (Wildman–Crippen MR) is 40.0 cm³/mol. The second-order valence-corrected chi connectivity index (χ2v) is 2.74. The van der Waals surface area contributed by atoms with E-state index in [1.807, 2.05) is 6.92 Å². The molecule has 0 unspecified atom stereocenters. The highest BCUT2D eigenvalue weighted by Gasteiger charge is 2.08. The highest BCUT2D eigenvalue weighted by Crippen LogP contribution is 2.06. The minimum atomic E-state index is -2.50. The molecule has 66 valence electrons. The van der Waals surface area contributed by atoms with Gasteiger partial charge in [-0.1, -0.05) is 5.16 Å². The van der Waals surface area contributed by atoms with Crippen molar-refractivity contribution in [3.05, 3.63) is 0 Å². The Morgan fingerprint density at radius 1 is 1.45 bits per heavy atom. The van der Waals surface area contributed by atoms with Crippen molar-refractivity contribution < 1.29 is 13.6 Å². The molecule has 4 heteroatoms. The molecule has 0 aromatic rings. The number of hydrogen-bond donors (Lipinski definition) is 0. The van der Waals surface area contributed by atoms with Gasteiger partial charge < -0.3 is 4.84 Å². The van der Waals surface area contributed by atoms with Gasteiger partial charge in [-0.2, -0.15) is 0 Å². The second kappa shape index (κ2) is 4.26. The molecule has 0 aromatic carbocycles. The van der Waals surface area contributed by atoms with Gasteiger partial charge in [-0.3, -0.25) is 0 Å². The molecule has 2 nitrogen and oxygen atoms in total. The predicted octanol–water partition coefficient (Wildman–Crippen LogP) is 2.44. The van der Waals surface area contributed by atoms with Crippen molar-refractivity contribution in [2.45, 2.75) is 33.1 Å². The summed E-state index contributed by atoms with van der Waals surface area (Å²) in [6.07, 6.45) is 1.01. The van der Waals surface area contributed by atoms with Crippen LogP contribution in [0.1, 0.15) is 27.2 Å². The van der Waals surface area contributed by atoms with Crippen LogP contribution < -0.4 is 0 Å². The second-order valence-electron chi connectivity index (χ2n) is 2.74. The van der Waals surface area contributed by atoms with E-state index in [0.29, 0.717) is 0 Å². The SMILES string of the molecule is CC(C)(F)F.CC1=NOCC1. The van der Waals surface area contributed by atoms with E-state index in [0.717, 1.165) is 32.6 Å². The van der Waals surface area contributed by atoms with Crippen LogP contribution in [0.4, 0.5) is 8.78 Å². The first kappa shape index (κ1) is 10.3. The summed E-state index contributed by atoms with van der Waals surface area (Å²) in [6, 6.07) is 0. The molecule has 0 spiro atoms. The zero-order valence-electron chi connectivity index (χ0n) is 7.03. The molecule has 11 heavy (non-hydrogen) atoms. The Bertz CT molecular complexity index is 134. The summed E-state index contributed by atoms with van der Waals surface area (Å²) < 4.78 is 22.0. The quantitative estimate of drug-likeness (QED) is 0.540. The van der Waals surface area contributed by atoms with E-state index in [4.69, 9.17) is 0 Å². The smallest absolute Gasteiger partial charge is 0.242 e. The first-order valence-corrected chi connectivity index (χ1v) is 3.43. The fourth-order valence-electron chi connectivity index (χ4n) is 0.395. The van der Waals surface area contributed by atoms with Crippen molar-refractivity contribution in [2.24, 2.45) is 5.16 Å². The molecular formula is C7H13F2NO. The van der Waals surface area contributed by atoms with Crippen molar-refractivity contribution in [2.75, 3.05) is 6.61 Å². The Morgan fingerprint density at radius 2 is 1.91 bits per heavy atom. The highest BCUT2D eigenvalue weighted by atomic mass is 19.3. The molecule has 0 aliphatic carbocycles. The lowest BCUT2D eigenvalue weighted by Crippen LogP contribution is -1.98. The fraction of sp³-hybridized carbons (Fsp3) is 0.857. The number of nitrogens with zero attached hydrogens (tertiary/aromatic N) is 1. The van der Waals surface area contributed by atoms with Crippen molar-refractivity contribution in [3.8, 4) is 0 Å². The van der Waals surface area contributed by atoms with Crippen LogP contribution in [0.2, 0.25) is 0 Å². The molecule has 1 heterocycles. The summed E-state index contributed by atoms with van der Waals surface area (Å²) in [4.78, 5) is 4.64. The van der Waals surface area contributed by atoms with Crippen LogP contribution in [0.15, 0.2) is 5.16 Å². The lowest BCUT2D eigenvalue weighted by Gasteiger charge is -1.94. The Hall–Kier alpha value is -0.670. The number of oxime groups is 1. The van der Waals surface area contributed by atoms with E-state index in [9.17, 15) is 8.78 Å². The van der Waals surface area contributed by atoms with Gasteiger partial charge in [0, 0.05) is 6.42 Å². The highest BCUT2D eigenvalue weighted by molar-refractivity contribution is 5.82. The summed E-state index contributed by atoms with van der Waals surface area (Å²) in [7, 11) is 0. The van der Waals surface area contributed by atoms with E-state index in [2.05, 4.69) is 9.99 Å². The molecule has 1 aliphatic heterocycles. The average Bonchev–Trinajstić information content (AvgIpc) is 2.12. The third kappa shape index (κ3) is 12.5. The molecule has 0 radical (unpaired) electrons. The molecule has 0 N–H and O–H groups in total. The zero-order valence-corrected chi connectivity index (χ0v) is 7.03. The van der Waals surface area contributed by atoms with Crippen LogP contribution in [0.5, 0.6) is 0 Å². The lowest BCUT2D eigenvalue weighted by molar-refractivity contribution is 0.0437. The summed E-state index contributed by atoms with van der Waals surface area (Å²) >= 11 is 0. The molecule has 0 saturated carbocycles. The average molecular weight is 165 g/mol. The molecule has 0 atom stereocenters. The van der Waals surface area contributed by atoms with Crippen molar-refractivity contribution in [1.82, 2.24) is 0 Å². The van der Waals surface area contributed by atoms with Crippen LogP contribution in [0, 0.1) is 0 Å². The van der Waals surface area contributed by atoms with Gasteiger partial charge in [0.25, 0.3) is 0 Å². The van der Waals surface area contributed by atoms with Gasteiger partial charge in [0.1, 0.15) is 6.61 Å². The summed E-state index contributed by atoms with van der Waals surface area (Å²) in [5.74, 6) is -2.50. The first-order chi connectivity index (χ1) is 4.89. The third-order valence-corrected chi connectivity index (χ3v) is 0.776. The maximum Gasteiger partial charge on any atom is 0.242 e. The number of alkyl halides is 2. The molecule has 0 saturated heterocycles. The van der Waals surface area contributed by atoms with Crippen LogP contribution in [-0.2, 0) is 4.84 Å². The molecule has 0 fully saturated rings. The van der Waals surface area contributed by atoms with Gasteiger partial charge in [0.05, 0.1) is 5.71 Å². The van der Waals surface area contributed by atoms with Crippen LogP contribution >= 0.6 is 0 Å². The maximum absolute atomic E-state index is 11.0. The van der Waals surface area contributed by atoms with Crippen LogP contribution in [0.3, 0.4) is 0 Å². The number of hydrogen-bond acceptors (Lipinski definition) is 2. The van der Waals surface area contributed by atoms with Gasteiger partial charge >= 0.3 is 0 Å². The van der Waals surface area contributed by atoms with E-state index in [1.165, 1.54) is 0 Å². The number of halogens is 2. The van der Waals surface area contributed by atoms with Gasteiger partial charge in [-0.25, -0.2) is 8.78 Å². The Balaban J connectivity index is 0.000000187.